The lowest BCUT2D eigenvalue weighted by atomic mass is 9.73. The maximum atomic E-state index is 12.4. The van der Waals surface area contributed by atoms with Crippen LogP contribution in [0, 0.1) is 5.41 Å². The summed E-state index contributed by atoms with van der Waals surface area (Å²) in [6.45, 7) is 5.88. The number of hydrogen-bond donors (Lipinski definition) is 0. The number of likely N-dealkylation sites (tertiary alicyclic amines) is 2. The number of ether oxygens (including phenoxy) is 1. The lowest BCUT2D eigenvalue weighted by Gasteiger charge is -2.48. The third-order valence-electron chi connectivity index (χ3n) is 5.61. The molecule has 132 valence electrons. The lowest BCUT2D eigenvalue weighted by Crippen LogP contribution is -2.54. The summed E-state index contributed by atoms with van der Waals surface area (Å²) in [4.78, 5) is 17.0. The van der Waals surface area contributed by atoms with Crippen LogP contribution in [0.2, 0.25) is 0 Å². The molecule has 0 saturated carbocycles. The van der Waals surface area contributed by atoms with E-state index in [0.29, 0.717) is 17.7 Å². The summed E-state index contributed by atoms with van der Waals surface area (Å²) in [5.41, 5.74) is 1.62. The summed E-state index contributed by atoms with van der Waals surface area (Å²) in [5, 5.41) is 0. The van der Waals surface area contributed by atoms with Crippen LogP contribution in [0.4, 0.5) is 0 Å². The average molecular weight is 330 g/mol. The molecule has 4 heteroatoms. The topological polar surface area (TPSA) is 32.8 Å². The molecule has 1 unspecified atom stereocenters. The van der Waals surface area contributed by atoms with Gasteiger partial charge in [0, 0.05) is 45.1 Å². The summed E-state index contributed by atoms with van der Waals surface area (Å²) >= 11 is 0. The van der Waals surface area contributed by atoms with Crippen molar-refractivity contribution >= 4 is 5.91 Å². The summed E-state index contributed by atoms with van der Waals surface area (Å²) in [6.07, 6.45) is 5.22. The van der Waals surface area contributed by atoms with E-state index in [1.165, 1.54) is 24.9 Å². The Morgan fingerprint density at radius 3 is 2.75 bits per heavy atom. The molecule has 1 aromatic carbocycles. The molecule has 4 nitrogen and oxygen atoms in total. The van der Waals surface area contributed by atoms with Gasteiger partial charge in [0.15, 0.2) is 0 Å². The Morgan fingerprint density at radius 2 is 1.96 bits per heavy atom. The number of rotatable bonds is 6. The van der Waals surface area contributed by atoms with Gasteiger partial charge in [0.2, 0.25) is 5.91 Å². The zero-order valence-corrected chi connectivity index (χ0v) is 14.9. The molecule has 0 aromatic heterocycles. The minimum absolute atomic E-state index is 0.302. The van der Waals surface area contributed by atoms with E-state index < -0.39 is 0 Å². The smallest absolute Gasteiger partial charge is 0.222 e. The van der Waals surface area contributed by atoms with E-state index in [4.69, 9.17) is 4.74 Å². The Balaban J connectivity index is 1.58. The first kappa shape index (κ1) is 17.4. The Kier molecular flexibility index (Phi) is 5.90. The van der Waals surface area contributed by atoms with Crippen LogP contribution in [-0.4, -0.2) is 62.1 Å². The SMILES string of the molecule is COCCN1CCCC2(CCC(=O)N(CCc3ccccc3)C2)C1. The summed E-state index contributed by atoms with van der Waals surface area (Å²) in [5.74, 6) is 0.338. The number of piperidine rings is 2. The van der Waals surface area contributed by atoms with Crippen molar-refractivity contribution in [3.05, 3.63) is 35.9 Å². The summed E-state index contributed by atoms with van der Waals surface area (Å²) in [6, 6.07) is 10.5. The van der Waals surface area contributed by atoms with E-state index in [0.717, 1.165) is 45.6 Å². The molecule has 2 saturated heterocycles. The van der Waals surface area contributed by atoms with Gasteiger partial charge in [-0.2, -0.15) is 0 Å². The van der Waals surface area contributed by atoms with Gasteiger partial charge in [0.25, 0.3) is 0 Å². The second-order valence-corrected chi connectivity index (χ2v) is 7.42. The van der Waals surface area contributed by atoms with Gasteiger partial charge < -0.3 is 14.5 Å². The van der Waals surface area contributed by atoms with Crippen molar-refractivity contribution in [1.82, 2.24) is 9.80 Å². The highest BCUT2D eigenvalue weighted by Gasteiger charge is 2.41. The van der Waals surface area contributed by atoms with Gasteiger partial charge >= 0.3 is 0 Å². The van der Waals surface area contributed by atoms with Gasteiger partial charge in [-0.25, -0.2) is 0 Å². The van der Waals surface area contributed by atoms with Gasteiger partial charge in [-0.3, -0.25) is 4.79 Å². The molecule has 2 aliphatic rings. The quantitative estimate of drug-likeness (QED) is 0.804. The predicted molar refractivity (Wildman–Crippen MR) is 95.9 cm³/mol. The van der Waals surface area contributed by atoms with Crippen LogP contribution < -0.4 is 0 Å². The largest absolute Gasteiger partial charge is 0.383 e. The second kappa shape index (κ2) is 8.13. The van der Waals surface area contributed by atoms with Gasteiger partial charge in [-0.05, 0) is 37.8 Å². The molecule has 2 aliphatic heterocycles. The summed E-state index contributed by atoms with van der Waals surface area (Å²) in [7, 11) is 1.77. The van der Waals surface area contributed by atoms with Gasteiger partial charge in [-0.1, -0.05) is 30.3 Å². The van der Waals surface area contributed by atoms with Crippen molar-refractivity contribution in [3.8, 4) is 0 Å². The molecular formula is C20H30N2O2. The highest BCUT2D eigenvalue weighted by molar-refractivity contribution is 5.77. The third-order valence-corrected chi connectivity index (χ3v) is 5.61. The van der Waals surface area contributed by atoms with Crippen LogP contribution in [-0.2, 0) is 16.0 Å². The molecule has 2 heterocycles. The van der Waals surface area contributed by atoms with E-state index in [2.05, 4.69) is 34.1 Å². The van der Waals surface area contributed by atoms with Crippen LogP contribution in [0.25, 0.3) is 0 Å². The molecule has 0 N–H and O–H groups in total. The van der Waals surface area contributed by atoms with Crippen molar-refractivity contribution in [2.24, 2.45) is 5.41 Å². The van der Waals surface area contributed by atoms with Crippen molar-refractivity contribution in [2.45, 2.75) is 32.1 Å². The first-order valence-corrected chi connectivity index (χ1v) is 9.24. The molecule has 3 rings (SSSR count). The number of methoxy groups -OCH3 is 1. The molecule has 1 aromatic rings. The van der Waals surface area contributed by atoms with E-state index in [-0.39, 0.29) is 0 Å². The lowest BCUT2D eigenvalue weighted by molar-refractivity contribution is -0.139. The fourth-order valence-corrected chi connectivity index (χ4v) is 4.27. The molecular weight excluding hydrogens is 300 g/mol. The Labute approximate surface area is 145 Å². The number of benzene rings is 1. The predicted octanol–water partition coefficient (Wildman–Crippen LogP) is 2.58. The zero-order valence-electron chi connectivity index (χ0n) is 14.9. The number of nitrogens with zero attached hydrogens (tertiary/aromatic N) is 2. The Morgan fingerprint density at radius 1 is 1.12 bits per heavy atom. The van der Waals surface area contributed by atoms with Crippen LogP contribution in [0.5, 0.6) is 0 Å². The maximum Gasteiger partial charge on any atom is 0.222 e. The van der Waals surface area contributed by atoms with Crippen LogP contribution >= 0.6 is 0 Å². The number of hydrogen-bond acceptors (Lipinski definition) is 3. The molecule has 0 radical (unpaired) electrons. The number of carbonyl (C=O) groups is 1. The van der Waals surface area contributed by atoms with Gasteiger partial charge in [0.1, 0.15) is 0 Å². The van der Waals surface area contributed by atoms with E-state index in [1.807, 2.05) is 6.07 Å². The van der Waals surface area contributed by atoms with Crippen LogP contribution in [0.1, 0.15) is 31.2 Å². The fourth-order valence-electron chi connectivity index (χ4n) is 4.27. The maximum absolute atomic E-state index is 12.4. The summed E-state index contributed by atoms with van der Waals surface area (Å²) < 4.78 is 5.24. The minimum atomic E-state index is 0.302. The van der Waals surface area contributed by atoms with Gasteiger partial charge in [-0.15, -0.1) is 0 Å². The fraction of sp³-hybridized carbons (Fsp3) is 0.650. The third kappa shape index (κ3) is 4.37. The number of carbonyl (C=O) groups excluding carboxylic acids is 1. The van der Waals surface area contributed by atoms with Crippen molar-refractivity contribution in [2.75, 3.05) is 46.4 Å². The Hall–Kier alpha value is -1.39. The molecule has 1 spiro atoms. The first-order chi connectivity index (χ1) is 11.7. The van der Waals surface area contributed by atoms with E-state index in [1.54, 1.807) is 7.11 Å². The molecule has 0 aliphatic carbocycles. The second-order valence-electron chi connectivity index (χ2n) is 7.42. The monoisotopic (exact) mass is 330 g/mol. The molecule has 2 fully saturated rings. The highest BCUT2D eigenvalue weighted by Crippen LogP contribution is 2.38. The average Bonchev–Trinajstić information content (AvgIpc) is 2.62. The standard InChI is InChI=1S/C20H30N2O2/c1-24-15-14-21-12-5-10-20(16-21)11-8-19(23)22(17-20)13-9-18-6-3-2-4-7-18/h2-4,6-7H,5,8-17H2,1H3. The van der Waals surface area contributed by atoms with E-state index >= 15 is 0 Å². The van der Waals surface area contributed by atoms with Crippen molar-refractivity contribution in [3.63, 3.8) is 0 Å². The zero-order chi connectivity index (χ0) is 16.8. The van der Waals surface area contributed by atoms with Crippen molar-refractivity contribution < 1.29 is 9.53 Å². The molecule has 1 amide bonds. The van der Waals surface area contributed by atoms with Crippen LogP contribution in [0.3, 0.4) is 0 Å². The first-order valence-electron chi connectivity index (χ1n) is 9.24. The Bertz CT molecular complexity index is 534. The minimum Gasteiger partial charge on any atom is -0.383 e. The molecule has 0 bridgehead atoms. The van der Waals surface area contributed by atoms with Crippen molar-refractivity contribution in [1.29, 1.82) is 0 Å². The van der Waals surface area contributed by atoms with E-state index in [9.17, 15) is 4.79 Å². The molecule has 1 atom stereocenters. The van der Waals surface area contributed by atoms with Gasteiger partial charge in [0.05, 0.1) is 6.61 Å². The molecule has 24 heavy (non-hydrogen) atoms. The normalized spacial score (nSPS) is 25.4. The van der Waals surface area contributed by atoms with Crippen LogP contribution in [0.15, 0.2) is 30.3 Å². The highest BCUT2D eigenvalue weighted by atomic mass is 16.5. The number of amides is 1.